The zero-order valence-corrected chi connectivity index (χ0v) is 13.6. The molecule has 0 aliphatic carbocycles. The summed E-state index contributed by atoms with van der Waals surface area (Å²) in [5, 5.41) is 3.31. The second-order valence-corrected chi connectivity index (χ2v) is 6.00. The van der Waals surface area contributed by atoms with Gasteiger partial charge in [0, 0.05) is 10.5 Å². The van der Waals surface area contributed by atoms with Crippen molar-refractivity contribution in [1.82, 2.24) is 5.32 Å². The maximum absolute atomic E-state index is 13.9. The standard InChI is InChI=1S/C17H19BrFN/c1-11-5-4-6-12(2)17(11)16(20-3)10-13-9-14(18)7-8-15(13)19/h4-9,16,20H,10H2,1-3H3. The molecule has 1 unspecified atom stereocenters. The van der Waals surface area contributed by atoms with Crippen LogP contribution in [0.3, 0.4) is 0 Å². The number of halogens is 2. The summed E-state index contributed by atoms with van der Waals surface area (Å²) in [5.41, 5.74) is 4.45. The molecular formula is C17H19BrFN. The Morgan fingerprint density at radius 3 is 2.40 bits per heavy atom. The monoisotopic (exact) mass is 335 g/mol. The topological polar surface area (TPSA) is 12.0 Å². The second-order valence-electron chi connectivity index (χ2n) is 5.09. The van der Waals surface area contributed by atoms with E-state index >= 15 is 0 Å². The minimum Gasteiger partial charge on any atom is -0.313 e. The smallest absolute Gasteiger partial charge is 0.126 e. The van der Waals surface area contributed by atoms with Crippen LogP contribution in [0.1, 0.15) is 28.3 Å². The molecule has 0 saturated heterocycles. The second kappa shape index (κ2) is 6.51. The molecule has 0 radical (unpaired) electrons. The number of benzene rings is 2. The molecule has 0 heterocycles. The third-order valence-corrected chi connectivity index (χ3v) is 4.16. The van der Waals surface area contributed by atoms with Crippen molar-refractivity contribution < 1.29 is 4.39 Å². The summed E-state index contributed by atoms with van der Waals surface area (Å²) in [5.74, 6) is -0.153. The lowest BCUT2D eigenvalue weighted by Crippen LogP contribution is -2.21. The first kappa shape index (κ1) is 15.2. The van der Waals surface area contributed by atoms with E-state index < -0.39 is 0 Å². The Morgan fingerprint density at radius 2 is 1.80 bits per heavy atom. The molecule has 1 nitrogen and oxygen atoms in total. The van der Waals surface area contributed by atoms with Gasteiger partial charge in [-0.3, -0.25) is 0 Å². The zero-order valence-electron chi connectivity index (χ0n) is 12.0. The summed E-state index contributed by atoms with van der Waals surface area (Å²) in [6.45, 7) is 4.20. The van der Waals surface area contributed by atoms with E-state index in [0.29, 0.717) is 6.42 Å². The summed E-state index contributed by atoms with van der Waals surface area (Å²) in [4.78, 5) is 0. The molecule has 0 spiro atoms. The van der Waals surface area contributed by atoms with Crippen molar-refractivity contribution in [2.75, 3.05) is 7.05 Å². The fraction of sp³-hybridized carbons (Fsp3) is 0.294. The Kier molecular flexibility index (Phi) is 4.95. The van der Waals surface area contributed by atoms with Crippen LogP contribution in [0.25, 0.3) is 0 Å². The Hall–Kier alpha value is -1.19. The van der Waals surface area contributed by atoms with E-state index in [9.17, 15) is 4.39 Å². The van der Waals surface area contributed by atoms with E-state index in [4.69, 9.17) is 0 Å². The van der Waals surface area contributed by atoms with Crippen LogP contribution in [-0.2, 0) is 6.42 Å². The highest BCUT2D eigenvalue weighted by molar-refractivity contribution is 9.10. The maximum Gasteiger partial charge on any atom is 0.126 e. The summed E-state index contributed by atoms with van der Waals surface area (Å²) in [6.07, 6.45) is 0.632. The van der Waals surface area contributed by atoms with Gasteiger partial charge in [0.1, 0.15) is 5.82 Å². The predicted molar refractivity (Wildman–Crippen MR) is 85.5 cm³/mol. The van der Waals surface area contributed by atoms with Crippen LogP contribution in [0.4, 0.5) is 4.39 Å². The molecular weight excluding hydrogens is 317 g/mol. The molecule has 106 valence electrons. The fourth-order valence-corrected chi connectivity index (χ4v) is 3.05. The number of likely N-dealkylation sites (N-methyl/N-ethyl adjacent to an activating group) is 1. The third kappa shape index (κ3) is 3.28. The highest BCUT2D eigenvalue weighted by Crippen LogP contribution is 2.27. The SMILES string of the molecule is CNC(Cc1cc(Br)ccc1F)c1c(C)cccc1C. The van der Waals surface area contributed by atoms with Gasteiger partial charge in [0.25, 0.3) is 0 Å². The summed E-state index contributed by atoms with van der Waals surface area (Å²) in [6, 6.07) is 11.5. The lowest BCUT2D eigenvalue weighted by Gasteiger charge is -2.21. The van der Waals surface area contributed by atoms with Crippen LogP contribution in [-0.4, -0.2) is 7.05 Å². The average molecular weight is 336 g/mol. The summed E-state index contributed by atoms with van der Waals surface area (Å²) < 4.78 is 14.8. The van der Waals surface area contributed by atoms with Crippen LogP contribution in [0.5, 0.6) is 0 Å². The van der Waals surface area contributed by atoms with Gasteiger partial charge in [-0.2, -0.15) is 0 Å². The van der Waals surface area contributed by atoms with Gasteiger partial charge in [-0.15, -0.1) is 0 Å². The van der Waals surface area contributed by atoms with Gasteiger partial charge in [0.15, 0.2) is 0 Å². The summed E-state index contributed by atoms with van der Waals surface area (Å²) >= 11 is 3.41. The number of rotatable bonds is 4. The van der Waals surface area contributed by atoms with Gasteiger partial charge in [-0.05, 0) is 67.8 Å². The van der Waals surface area contributed by atoms with E-state index in [1.807, 2.05) is 13.1 Å². The van der Waals surface area contributed by atoms with Gasteiger partial charge in [0.05, 0.1) is 0 Å². The molecule has 0 aliphatic heterocycles. The Morgan fingerprint density at radius 1 is 1.15 bits per heavy atom. The number of hydrogen-bond acceptors (Lipinski definition) is 1. The molecule has 2 aromatic carbocycles. The van der Waals surface area contributed by atoms with E-state index in [2.05, 4.69) is 53.3 Å². The number of aryl methyl sites for hydroxylation is 2. The quantitative estimate of drug-likeness (QED) is 0.853. The van der Waals surface area contributed by atoms with Crippen LogP contribution in [0, 0.1) is 19.7 Å². The van der Waals surface area contributed by atoms with Crippen molar-refractivity contribution in [2.24, 2.45) is 0 Å². The lowest BCUT2D eigenvalue weighted by atomic mass is 9.92. The molecule has 3 heteroatoms. The molecule has 0 aromatic heterocycles. The highest BCUT2D eigenvalue weighted by Gasteiger charge is 2.16. The van der Waals surface area contributed by atoms with Gasteiger partial charge in [0.2, 0.25) is 0 Å². The Labute approximate surface area is 128 Å². The van der Waals surface area contributed by atoms with Gasteiger partial charge < -0.3 is 5.32 Å². The first-order chi connectivity index (χ1) is 9.52. The van der Waals surface area contributed by atoms with Crippen molar-refractivity contribution in [2.45, 2.75) is 26.3 Å². The molecule has 0 bridgehead atoms. The molecule has 0 amide bonds. The van der Waals surface area contributed by atoms with Crippen LogP contribution >= 0.6 is 15.9 Å². The molecule has 1 atom stereocenters. The fourth-order valence-electron chi connectivity index (χ4n) is 2.65. The van der Waals surface area contributed by atoms with E-state index in [1.165, 1.54) is 22.8 Å². The molecule has 20 heavy (non-hydrogen) atoms. The summed E-state index contributed by atoms with van der Waals surface area (Å²) in [7, 11) is 1.92. The number of nitrogens with one attached hydrogen (secondary N) is 1. The van der Waals surface area contributed by atoms with Crippen LogP contribution < -0.4 is 5.32 Å². The van der Waals surface area contributed by atoms with Crippen molar-refractivity contribution in [1.29, 1.82) is 0 Å². The van der Waals surface area contributed by atoms with Crippen LogP contribution in [0.15, 0.2) is 40.9 Å². The number of hydrogen-bond donors (Lipinski definition) is 1. The molecule has 1 N–H and O–H groups in total. The highest BCUT2D eigenvalue weighted by atomic mass is 79.9. The average Bonchev–Trinajstić information content (AvgIpc) is 2.41. The van der Waals surface area contributed by atoms with Gasteiger partial charge in [-0.25, -0.2) is 4.39 Å². The zero-order chi connectivity index (χ0) is 14.7. The Balaban J connectivity index is 2.36. The molecule has 0 fully saturated rings. The molecule has 0 aliphatic rings. The van der Waals surface area contributed by atoms with E-state index in [0.717, 1.165) is 10.0 Å². The third-order valence-electron chi connectivity index (χ3n) is 3.67. The Bertz CT molecular complexity index is 590. The van der Waals surface area contributed by atoms with Crippen LogP contribution in [0.2, 0.25) is 0 Å². The lowest BCUT2D eigenvalue weighted by molar-refractivity contribution is 0.550. The van der Waals surface area contributed by atoms with Gasteiger partial charge in [-0.1, -0.05) is 34.1 Å². The molecule has 2 aromatic rings. The molecule has 2 rings (SSSR count). The normalized spacial score (nSPS) is 12.4. The first-order valence-corrected chi connectivity index (χ1v) is 7.49. The van der Waals surface area contributed by atoms with E-state index in [-0.39, 0.29) is 11.9 Å². The van der Waals surface area contributed by atoms with Crippen molar-refractivity contribution in [3.05, 3.63) is 68.9 Å². The van der Waals surface area contributed by atoms with Crippen molar-refractivity contribution in [3.63, 3.8) is 0 Å². The van der Waals surface area contributed by atoms with Gasteiger partial charge >= 0.3 is 0 Å². The largest absolute Gasteiger partial charge is 0.313 e. The molecule has 0 saturated carbocycles. The predicted octanol–water partition coefficient (Wildman–Crippen LogP) is 4.71. The van der Waals surface area contributed by atoms with E-state index in [1.54, 1.807) is 6.07 Å². The maximum atomic E-state index is 13.9. The minimum atomic E-state index is -0.153. The van der Waals surface area contributed by atoms with Crippen molar-refractivity contribution in [3.8, 4) is 0 Å². The first-order valence-electron chi connectivity index (χ1n) is 6.70. The van der Waals surface area contributed by atoms with Crippen molar-refractivity contribution >= 4 is 15.9 Å². The minimum absolute atomic E-state index is 0.111.